The normalized spacial score (nSPS) is 27.1. The van der Waals surface area contributed by atoms with E-state index in [9.17, 15) is 8.42 Å². The van der Waals surface area contributed by atoms with Gasteiger partial charge in [-0.1, -0.05) is 13.8 Å². The molecule has 0 aromatic carbocycles. The van der Waals surface area contributed by atoms with Crippen LogP contribution in [0.2, 0.25) is 0 Å². The van der Waals surface area contributed by atoms with E-state index in [1.165, 1.54) is 0 Å². The second-order valence-corrected chi connectivity index (χ2v) is 8.08. The Kier molecular flexibility index (Phi) is 5.84. The monoisotopic (exact) mass is 303 g/mol. The van der Waals surface area contributed by atoms with Crippen molar-refractivity contribution in [3.63, 3.8) is 0 Å². The SMILES string of the molecule is CCCN(C1CCCNC1)S(=O)(=O)N1CCC(C)CC1. The van der Waals surface area contributed by atoms with Crippen LogP contribution >= 0.6 is 0 Å². The third kappa shape index (κ3) is 3.72. The maximum absolute atomic E-state index is 12.9. The highest BCUT2D eigenvalue weighted by Gasteiger charge is 2.36. The maximum Gasteiger partial charge on any atom is 0.282 e. The van der Waals surface area contributed by atoms with Crippen molar-refractivity contribution in [3.05, 3.63) is 0 Å². The smallest absolute Gasteiger partial charge is 0.282 e. The fraction of sp³-hybridized carbons (Fsp3) is 1.00. The number of rotatable bonds is 5. The summed E-state index contributed by atoms with van der Waals surface area (Å²) in [5, 5.41) is 3.33. The minimum atomic E-state index is -3.28. The van der Waals surface area contributed by atoms with Crippen molar-refractivity contribution < 1.29 is 8.42 Å². The van der Waals surface area contributed by atoms with E-state index >= 15 is 0 Å². The van der Waals surface area contributed by atoms with E-state index in [4.69, 9.17) is 0 Å². The molecule has 0 saturated carbocycles. The van der Waals surface area contributed by atoms with Gasteiger partial charge in [-0.2, -0.15) is 17.0 Å². The second-order valence-electron chi connectivity index (χ2n) is 6.20. The molecule has 5 nitrogen and oxygen atoms in total. The molecule has 0 spiro atoms. The lowest BCUT2D eigenvalue weighted by Crippen LogP contribution is -2.54. The highest BCUT2D eigenvalue weighted by atomic mass is 32.2. The molecule has 118 valence electrons. The van der Waals surface area contributed by atoms with Crippen molar-refractivity contribution in [3.8, 4) is 0 Å². The van der Waals surface area contributed by atoms with Gasteiger partial charge in [0, 0.05) is 32.2 Å². The van der Waals surface area contributed by atoms with Crippen LogP contribution in [0.25, 0.3) is 0 Å². The predicted octanol–water partition coefficient (Wildman–Crippen LogP) is 1.43. The van der Waals surface area contributed by atoms with Crippen LogP contribution in [0.3, 0.4) is 0 Å². The molecule has 20 heavy (non-hydrogen) atoms. The molecule has 0 bridgehead atoms. The summed E-state index contributed by atoms with van der Waals surface area (Å²) in [4.78, 5) is 0. The predicted molar refractivity (Wildman–Crippen MR) is 81.8 cm³/mol. The van der Waals surface area contributed by atoms with Gasteiger partial charge in [0.05, 0.1) is 0 Å². The molecule has 0 aromatic heterocycles. The Morgan fingerprint density at radius 3 is 2.50 bits per heavy atom. The van der Waals surface area contributed by atoms with Gasteiger partial charge in [0.1, 0.15) is 0 Å². The van der Waals surface area contributed by atoms with Crippen LogP contribution in [0.1, 0.15) is 46.0 Å². The molecule has 0 radical (unpaired) electrons. The van der Waals surface area contributed by atoms with Gasteiger partial charge in [0.25, 0.3) is 10.2 Å². The lowest BCUT2D eigenvalue weighted by molar-refractivity contribution is 0.223. The van der Waals surface area contributed by atoms with Crippen molar-refractivity contribution in [2.75, 3.05) is 32.7 Å². The summed E-state index contributed by atoms with van der Waals surface area (Å²) in [7, 11) is -3.28. The zero-order valence-corrected chi connectivity index (χ0v) is 13.7. The molecule has 0 aliphatic carbocycles. The standard InChI is InChI=1S/C14H29N3O2S/c1-3-9-17(14-5-4-8-15-12-14)20(18,19)16-10-6-13(2)7-11-16/h13-15H,3-12H2,1-2H3. The molecule has 6 heteroatoms. The quantitative estimate of drug-likeness (QED) is 0.836. The van der Waals surface area contributed by atoms with Crippen LogP contribution in [0, 0.1) is 5.92 Å². The third-order valence-corrected chi connectivity index (χ3v) is 6.58. The molecule has 1 unspecified atom stereocenters. The first kappa shape index (κ1) is 16.2. The topological polar surface area (TPSA) is 52.7 Å². The molecular weight excluding hydrogens is 274 g/mol. The molecule has 2 aliphatic heterocycles. The van der Waals surface area contributed by atoms with Crippen LogP contribution in [0.15, 0.2) is 0 Å². The second kappa shape index (κ2) is 7.20. The molecular formula is C14H29N3O2S. The number of hydrogen-bond donors (Lipinski definition) is 1. The number of nitrogens with one attached hydrogen (secondary N) is 1. The van der Waals surface area contributed by atoms with E-state index in [-0.39, 0.29) is 6.04 Å². The highest BCUT2D eigenvalue weighted by Crippen LogP contribution is 2.23. The van der Waals surface area contributed by atoms with Gasteiger partial charge in [-0.15, -0.1) is 0 Å². The molecule has 1 N–H and O–H groups in total. The Labute approximate surface area is 123 Å². The van der Waals surface area contributed by atoms with Crippen molar-refractivity contribution in [2.45, 2.75) is 52.0 Å². The molecule has 0 amide bonds. The zero-order valence-electron chi connectivity index (χ0n) is 12.8. The first-order valence-corrected chi connectivity index (χ1v) is 9.43. The van der Waals surface area contributed by atoms with Gasteiger partial charge in [0.15, 0.2) is 0 Å². The molecule has 2 saturated heterocycles. The number of nitrogens with zero attached hydrogens (tertiary/aromatic N) is 2. The van der Waals surface area contributed by atoms with Gasteiger partial charge in [-0.05, 0) is 44.6 Å². The van der Waals surface area contributed by atoms with Crippen LogP contribution < -0.4 is 5.32 Å². The Bertz CT molecular complexity index is 385. The fourth-order valence-corrected chi connectivity index (χ4v) is 5.09. The van der Waals surface area contributed by atoms with Gasteiger partial charge >= 0.3 is 0 Å². The Hall–Kier alpha value is -0.170. The lowest BCUT2D eigenvalue weighted by Gasteiger charge is -2.39. The number of piperidine rings is 2. The van der Waals surface area contributed by atoms with E-state index in [1.54, 1.807) is 8.61 Å². The first-order valence-electron chi connectivity index (χ1n) is 8.03. The van der Waals surface area contributed by atoms with E-state index in [1.807, 2.05) is 0 Å². The Morgan fingerprint density at radius 1 is 1.25 bits per heavy atom. The summed E-state index contributed by atoms with van der Waals surface area (Å²) in [6.07, 6.45) is 4.90. The maximum atomic E-state index is 12.9. The zero-order chi connectivity index (χ0) is 14.6. The molecule has 0 aromatic rings. The van der Waals surface area contributed by atoms with Crippen molar-refractivity contribution in [1.82, 2.24) is 13.9 Å². The van der Waals surface area contributed by atoms with Gasteiger partial charge in [-0.25, -0.2) is 0 Å². The first-order chi connectivity index (χ1) is 9.55. The summed E-state index contributed by atoms with van der Waals surface area (Å²) in [5.74, 6) is 0.650. The van der Waals surface area contributed by atoms with Crippen LogP contribution in [0.4, 0.5) is 0 Å². The summed E-state index contributed by atoms with van der Waals surface area (Å²) >= 11 is 0. The fourth-order valence-electron chi connectivity index (χ4n) is 3.15. The van der Waals surface area contributed by atoms with E-state index in [0.29, 0.717) is 25.6 Å². The van der Waals surface area contributed by atoms with E-state index in [0.717, 1.165) is 45.2 Å². The van der Waals surface area contributed by atoms with Crippen molar-refractivity contribution in [1.29, 1.82) is 0 Å². The minimum Gasteiger partial charge on any atom is -0.315 e. The van der Waals surface area contributed by atoms with Crippen molar-refractivity contribution in [2.24, 2.45) is 5.92 Å². The lowest BCUT2D eigenvalue weighted by atomic mass is 10.0. The molecule has 2 aliphatic rings. The van der Waals surface area contributed by atoms with Gasteiger partial charge < -0.3 is 5.32 Å². The number of hydrogen-bond acceptors (Lipinski definition) is 3. The van der Waals surface area contributed by atoms with Crippen LogP contribution in [-0.2, 0) is 10.2 Å². The summed E-state index contributed by atoms with van der Waals surface area (Å²) in [5.41, 5.74) is 0. The van der Waals surface area contributed by atoms with Gasteiger partial charge in [0.2, 0.25) is 0 Å². The van der Waals surface area contributed by atoms with E-state index < -0.39 is 10.2 Å². The molecule has 1 atom stereocenters. The summed E-state index contributed by atoms with van der Waals surface area (Å²) in [6.45, 7) is 8.07. The van der Waals surface area contributed by atoms with E-state index in [2.05, 4.69) is 19.2 Å². The Balaban J connectivity index is 2.09. The summed E-state index contributed by atoms with van der Waals surface area (Å²) < 4.78 is 29.3. The molecule has 2 heterocycles. The third-order valence-electron chi connectivity index (χ3n) is 4.49. The van der Waals surface area contributed by atoms with Crippen molar-refractivity contribution >= 4 is 10.2 Å². The Morgan fingerprint density at radius 2 is 1.95 bits per heavy atom. The highest BCUT2D eigenvalue weighted by molar-refractivity contribution is 7.86. The minimum absolute atomic E-state index is 0.132. The average molecular weight is 303 g/mol. The molecule has 2 rings (SSSR count). The molecule has 2 fully saturated rings. The van der Waals surface area contributed by atoms with Crippen LogP contribution in [0.5, 0.6) is 0 Å². The summed E-state index contributed by atoms with van der Waals surface area (Å²) in [6, 6.07) is 0.132. The van der Waals surface area contributed by atoms with Gasteiger partial charge in [-0.3, -0.25) is 0 Å². The van der Waals surface area contributed by atoms with Crippen LogP contribution in [-0.4, -0.2) is 55.8 Å². The largest absolute Gasteiger partial charge is 0.315 e. The average Bonchev–Trinajstić information content (AvgIpc) is 2.46.